The topological polar surface area (TPSA) is 87.4 Å². The first-order valence-corrected chi connectivity index (χ1v) is 8.80. The minimum atomic E-state index is -1.03. The quantitative estimate of drug-likeness (QED) is 0.336. The van der Waals surface area contributed by atoms with Crippen molar-refractivity contribution in [1.29, 1.82) is 0 Å². The molecule has 0 aliphatic carbocycles. The Balaban J connectivity index is 0.00000312. The maximum Gasteiger partial charge on any atom is 0.191 e. The molecule has 1 atom stereocenters. The zero-order valence-electron chi connectivity index (χ0n) is 15.3. The van der Waals surface area contributed by atoms with Crippen LogP contribution in [0.2, 0.25) is 0 Å². The van der Waals surface area contributed by atoms with Gasteiger partial charge in [-0.3, -0.25) is 4.68 Å². The van der Waals surface area contributed by atoms with Crippen molar-refractivity contribution in [2.45, 2.75) is 39.8 Å². The van der Waals surface area contributed by atoms with Crippen LogP contribution in [0.1, 0.15) is 35.0 Å². The number of nitrogens with one attached hydrogen (secondary N) is 2. The molecular weight excluding hydrogens is 451 g/mol. The molecule has 1 unspecified atom stereocenters. The fourth-order valence-electron chi connectivity index (χ4n) is 2.27. The largest absolute Gasteiger partial charge is 0.383 e. The zero-order chi connectivity index (χ0) is 17.7. The first-order chi connectivity index (χ1) is 11.3. The second-order valence-electron chi connectivity index (χ2n) is 5.97. The molecule has 7 nitrogen and oxygen atoms in total. The molecule has 2 heterocycles. The molecule has 0 amide bonds. The van der Waals surface area contributed by atoms with Crippen LogP contribution in [-0.2, 0) is 19.2 Å². The second kappa shape index (κ2) is 9.48. The minimum Gasteiger partial charge on any atom is -0.383 e. The highest BCUT2D eigenvalue weighted by Crippen LogP contribution is 2.19. The smallest absolute Gasteiger partial charge is 0.191 e. The molecule has 2 aromatic heterocycles. The van der Waals surface area contributed by atoms with E-state index in [9.17, 15) is 5.11 Å². The third-order valence-corrected chi connectivity index (χ3v) is 4.71. The van der Waals surface area contributed by atoms with Crippen molar-refractivity contribution in [2.24, 2.45) is 12.0 Å². The van der Waals surface area contributed by atoms with Crippen molar-refractivity contribution in [3.63, 3.8) is 0 Å². The standard InChI is InChI=1S/C16H26N6OS.HI/c1-6-17-15(18-8-14-11(2)21-12(3)24-14)19-10-16(4,23)13-7-20-22(5)9-13;/h7,9,23H,6,8,10H2,1-5H3,(H2,17,18,19);1H. The number of halogens is 1. The summed E-state index contributed by atoms with van der Waals surface area (Å²) in [4.78, 5) is 10.2. The summed E-state index contributed by atoms with van der Waals surface area (Å²) in [6.45, 7) is 9.44. The summed E-state index contributed by atoms with van der Waals surface area (Å²) in [7, 11) is 1.83. The number of guanidine groups is 1. The summed E-state index contributed by atoms with van der Waals surface area (Å²) in [6, 6.07) is 0. The molecular formula is C16H27IN6OS. The predicted octanol–water partition coefficient (Wildman–Crippen LogP) is 2.07. The Morgan fingerprint density at radius 2 is 2.12 bits per heavy atom. The van der Waals surface area contributed by atoms with Gasteiger partial charge in [0, 0.05) is 30.2 Å². The predicted molar refractivity (Wildman–Crippen MR) is 113 cm³/mol. The first-order valence-electron chi connectivity index (χ1n) is 7.98. The highest BCUT2D eigenvalue weighted by molar-refractivity contribution is 14.0. The van der Waals surface area contributed by atoms with Gasteiger partial charge in [0.05, 0.1) is 30.0 Å². The van der Waals surface area contributed by atoms with Gasteiger partial charge in [-0.15, -0.1) is 35.3 Å². The highest BCUT2D eigenvalue weighted by Gasteiger charge is 2.25. The van der Waals surface area contributed by atoms with Crippen molar-refractivity contribution in [2.75, 3.05) is 13.1 Å². The van der Waals surface area contributed by atoms with E-state index in [1.54, 1.807) is 29.1 Å². The van der Waals surface area contributed by atoms with Crippen LogP contribution in [0.5, 0.6) is 0 Å². The van der Waals surface area contributed by atoms with Crippen molar-refractivity contribution in [1.82, 2.24) is 25.4 Å². The summed E-state index contributed by atoms with van der Waals surface area (Å²) >= 11 is 1.66. The summed E-state index contributed by atoms with van der Waals surface area (Å²) < 4.78 is 1.68. The Kier molecular flexibility index (Phi) is 8.29. The maximum absolute atomic E-state index is 10.6. The lowest BCUT2D eigenvalue weighted by molar-refractivity contribution is 0.0616. The van der Waals surface area contributed by atoms with Gasteiger partial charge in [-0.2, -0.15) is 5.10 Å². The van der Waals surface area contributed by atoms with E-state index >= 15 is 0 Å². The number of aromatic nitrogens is 3. The van der Waals surface area contributed by atoms with Crippen LogP contribution in [0, 0.1) is 13.8 Å². The SMILES string of the molecule is CCNC(=NCc1sc(C)nc1C)NCC(C)(O)c1cnn(C)c1.I. The van der Waals surface area contributed by atoms with Gasteiger partial charge in [0.25, 0.3) is 0 Å². The molecule has 0 aliphatic rings. The highest BCUT2D eigenvalue weighted by atomic mass is 127. The van der Waals surface area contributed by atoms with Crippen LogP contribution in [0.3, 0.4) is 0 Å². The van der Waals surface area contributed by atoms with E-state index in [1.807, 2.05) is 34.0 Å². The van der Waals surface area contributed by atoms with Crippen molar-refractivity contribution < 1.29 is 5.11 Å². The lowest BCUT2D eigenvalue weighted by Crippen LogP contribution is -2.44. The fourth-order valence-corrected chi connectivity index (χ4v) is 3.13. The second-order valence-corrected chi connectivity index (χ2v) is 7.25. The molecule has 9 heteroatoms. The molecule has 0 saturated carbocycles. The molecule has 25 heavy (non-hydrogen) atoms. The summed E-state index contributed by atoms with van der Waals surface area (Å²) in [5.41, 5.74) is 0.767. The minimum absolute atomic E-state index is 0. The molecule has 140 valence electrons. The fraction of sp³-hybridized carbons (Fsp3) is 0.562. The van der Waals surface area contributed by atoms with Gasteiger partial charge in [-0.1, -0.05) is 0 Å². The van der Waals surface area contributed by atoms with E-state index < -0.39 is 5.60 Å². The van der Waals surface area contributed by atoms with Gasteiger partial charge in [-0.25, -0.2) is 9.98 Å². The maximum atomic E-state index is 10.6. The number of aliphatic hydroxyl groups is 1. The van der Waals surface area contributed by atoms with Gasteiger partial charge in [-0.05, 0) is 27.7 Å². The van der Waals surface area contributed by atoms with Crippen LogP contribution in [-0.4, -0.2) is 38.9 Å². The third-order valence-electron chi connectivity index (χ3n) is 3.65. The molecule has 0 radical (unpaired) electrons. The van der Waals surface area contributed by atoms with Crippen molar-refractivity contribution >= 4 is 41.3 Å². The Bertz CT molecular complexity index is 709. The number of hydrogen-bond donors (Lipinski definition) is 3. The van der Waals surface area contributed by atoms with Crippen LogP contribution in [0.15, 0.2) is 17.4 Å². The van der Waals surface area contributed by atoms with Gasteiger partial charge in [0.2, 0.25) is 0 Å². The Labute approximate surface area is 170 Å². The van der Waals surface area contributed by atoms with Crippen LogP contribution < -0.4 is 10.6 Å². The summed E-state index contributed by atoms with van der Waals surface area (Å²) in [5.74, 6) is 0.673. The first kappa shape index (κ1) is 21.8. The summed E-state index contributed by atoms with van der Waals surface area (Å²) in [6.07, 6.45) is 3.49. The summed E-state index contributed by atoms with van der Waals surface area (Å²) in [5, 5.41) is 22.2. The van der Waals surface area contributed by atoms with Gasteiger partial charge in [0.15, 0.2) is 5.96 Å². The Hall–Kier alpha value is -1.20. The molecule has 0 saturated heterocycles. The normalized spacial score (nSPS) is 13.9. The molecule has 0 aromatic carbocycles. The van der Waals surface area contributed by atoms with E-state index in [-0.39, 0.29) is 24.0 Å². The number of aryl methyl sites for hydroxylation is 3. The van der Waals surface area contributed by atoms with Crippen molar-refractivity contribution in [3.05, 3.63) is 33.5 Å². The van der Waals surface area contributed by atoms with Gasteiger partial charge >= 0.3 is 0 Å². The van der Waals surface area contributed by atoms with E-state index in [2.05, 4.69) is 25.7 Å². The average Bonchev–Trinajstić information content (AvgIpc) is 3.08. The molecule has 0 spiro atoms. The number of nitrogens with zero attached hydrogens (tertiary/aromatic N) is 4. The number of thiazole rings is 1. The monoisotopic (exact) mass is 478 g/mol. The molecule has 3 N–H and O–H groups in total. The molecule has 0 bridgehead atoms. The van der Waals surface area contributed by atoms with Gasteiger partial charge in [0.1, 0.15) is 5.60 Å². The van der Waals surface area contributed by atoms with E-state index in [0.29, 0.717) is 19.0 Å². The van der Waals surface area contributed by atoms with Crippen LogP contribution in [0.25, 0.3) is 0 Å². The number of rotatable bonds is 6. The van der Waals surface area contributed by atoms with E-state index in [0.717, 1.165) is 27.7 Å². The van der Waals surface area contributed by atoms with E-state index in [4.69, 9.17) is 0 Å². The molecule has 0 fully saturated rings. The lowest BCUT2D eigenvalue weighted by atomic mass is 10.00. The lowest BCUT2D eigenvalue weighted by Gasteiger charge is -2.23. The third kappa shape index (κ3) is 6.23. The van der Waals surface area contributed by atoms with Crippen molar-refractivity contribution in [3.8, 4) is 0 Å². The Morgan fingerprint density at radius 3 is 2.64 bits per heavy atom. The average molecular weight is 478 g/mol. The number of aliphatic imine (C=N–C) groups is 1. The number of hydrogen-bond acceptors (Lipinski definition) is 5. The Morgan fingerprint density at radius 1 is 1.40 bits per heavy atom. The van der Waals surface area contributed by atoms with Crippen LogP contribution in [0.4, 0.5) is 0 Å². The molecule has 2 rings (SSSR count). The zero-order valence-corrected chi connectivity index (χ0v) is 18.5. The van der Waals surface area contributed by atoms with Gasteiger partial charge < -0.3 is 15.7 Å². The van der Waals surface area contributed by atoms with Crippen LogP contribution >= 0.6 is 35.3 Å². The molecule has 0 aliphatic heterocycles. The molecule has 2 aromatic rings. The van der Waals surface area contributed by atoms with E-state index in [1.165, 1.54) is 0 Å².